The number of para-hydroxylation sites is 1. The highest BCUT2D eigenvalue weighted by atomic mass is 16.2. The van der Waals surface area contributed by atoms with E-state index in [0.717, 1.165) is 52.7 Å². The largest absolute Gasteiger partial charge is 0.360 e. The Morgan fingerprint density at radius 1 is 1.23 bits per heavy atom. The SMILES string of the molecule is CCN(C)c1nc(C)nc2c1CN(C(=O)Nc1c(C)cccc1C)CC2. The second kappa shape index (κ2) is 7.32. The molecule has 0 saturated carbocycles. The van der Waals surface area contributed by atoms with Gasteiger partial charge >= 0.3 is 6.03 Å². The third kappa shape index (κ3) is 3.49. The first-order valence-electron chi connectivity index (χ1n) is 9.10. The summed E-state index contributed by atoms with van der Waals surface area (Å²) in [6.07, 6.45) is 0.753. The molecule has 6 nitrogen and oxygen atoms in total. The van der Waals surface area contributed by atoms with Gasteiger partial charge in [0.15, 0.2) is 0 Å². The van der Waals surface area contributed by atoms with Crippen molar-refractivity contribution in [3.63, 3.8) is 0 Å². The maximum Gasteiger partial charge on any atom is 0.322 e. The molecular weight excluding hydrogens is 326 g/mol. The van der Waals surface area contributed by atoms with Gasteiger partial charge in [0.2, 0.25) is 0 Å². The highest BCUT2D eigenvalue weighted by molar-refractivity contribution is 5.91. The maximum absolute atomic E-state index is 12.9. The maximum atomic E-state index is 12.9. The molecule has 1 aromatic carbocycles. The molecule has 6 heteroatoms. The number of aryl methyl sites for hydroxylation is 3. The topological polar surface area (TPSA) is 61.4 Å². The van der Waals surface area contributed by atoms with Gasteiger partial charge in [-0.05, 0) is 38.8 Å². The number of anilines is 2. The van der Waals surface area contributed by atoms with Gasteiger partial charge in [0.25, 0.3) is 0 Å². The van der Waals surface area contributed by atoms with Gasteiger partial charge in [0, 0.05) is 37.8 Å². The van der Waals surface area contributed by atoms with Crippen molar-refractivity contribution in [1.29, 1.82) is 0 Å². The zero-order chi connectivity index (χ0) is 18.8. The van der Waals surface area contributed by atoms with Gasteiger partial charge in [0.05, 0.1) is 12.2 Å². The lowest BCUT2D eigenvalue weighted by Gasteiger charge is -2.31. The van der Waals surface area contributed by atoms with Gasteiger partial charge in [-0.1, -0.05) is 18.2 Å². The third-order valence-corrected chi connectivity index (χ3v) is 4.99. The van der Waals surface area contributed by atoms with Gasteiger partial charge in [-0.25, -0.2) is 14.8 Å². The van der Waals surface area contributed by atoms with E-state index in [2.05, 4.69) is 27.1 Å². The zero-order valence-electron chi connectivity index (χ0n) is 16.3. The van der Waals surface area contributed by atoms with Crippen molar-refractivity contribution in [2.24, 2.45) is 0 Å². The number of benzene rings is 1. The van der Waals surface area contributed by atoms with Crippen molar-refractivity contribution in [2.75, 3.05) is 30.4 Å². The summed E-state index contributed by atoms with van der Waals surface area (Å²) in [6.45, 7) is 10.1. The molecule has 1 aliphatic rings. The molecule has 26 heavy (non-hydrogen) atoms. The minimum atomic E-state index is -0.0706. The first kappa shape index (κ1) is 18.2. The van der Waals surface area contributed by atoms with E-state index < -0.39 is 0 Å². The Labute approximate surface area is 155 Å². The van der Waals surface area contributed by atoms with E-state index in [1.54, 1.807) is 0 Å². The van der Waals surface area contributed by atoms with Crippen molar-refractivity contribution < 1.29 is 4.79 Å². The molecule has 2 amide bonds. The summed E-state index contributed by atoms with van der Waals surface area (Å²) in [5.74, 6) is 1.71. The lowest BCUT2D eigenvalue weighted by Crippen LogP contribution is -2.40. The van der Waals surface area contributed by atoms with Crippen LogP contribution in [0.25, 0.3) is 0 Å². The van der Waals surface area contributed by atoms with Crippen LogP contribution in [0.4, 0.5) is 16.3 Å². The van der Waals surface area contributed by atoms with Gasteiger partial charge in [-0.2, -0.15) is 0 Å². The Morgan fingerprint density at radius 3 is 2.58 bits per heavy atom. The Balaban J connectivity index is 1.85. The van der Waals surface area contributed by atoms with Crippen LogP contribution in [0.3, 0.4) is 0 Å². The molecule has 0 radical (unpaired) electrons. The van der Waals surface area contributed by atoms with Crippen LogP contribution >= 0.6 is 0 Å². The summed E-state index contributed by atoms with van der Waals surface area (Å²) < 4.78 is 0. The molecule has 0 fully saturated rings. The van der Waals surface area contributed by atoms with Gasteiger partial charge in [0.1, 0.15) is 11.6 Å². The number of rotatable bonds is 3. The Morgan fingerprint density at radius 2 is 1.92 bits per heavy atom. The summed E-state index contributed by atoms with van der Waals surface area (Å²) >= 11 is 0. The fourth-order valence-electron chi connectivity index (χ4n) is 3.35. The normalized spacial score (nSPS) is 13.3. The van der Waals surface area contributed by atoms with E-state index in [1.165, 1.54) is 0 Å². The van der Waals surface area contributed by atoms with Gasteiger partial charge < -0.3 is 15.1 Å². The van der Waals surface area contributed by atoms with Crippen molar-refractivity contribution in [1.82, 2.24) is 14.9 Å². The highest BCUT2D eigenvalue weighted by Gasteiger charge is 2.26. The summed E-state index contributed by atoms with van der Waals surface area (Å²) in [6, 6.07) is 5.96. The highest BCUT2D eigenvalue weighted by Crippen LogP contribution is 2.27. The monoisotopic (exact) mass is 353 g/mol. The number of nitrogens with one attached hydrogen (secondary N) is 1. The minimum Gasteiger partial charge on any atom is -0.360 e. The summed E-state index contributed by atoms with van der Waals surface area (Å²) in [4.78, 5) is 26.0. The molecule has 0 atom stereocenters. The molecule has 1 N–H and O–H groups in total. The number of aromatic nitrogens is 2. The molecule has 2 heterocycles. The van der Waals surface area contributed by atoms with Crippen LogP contribution in [0.5, 0.6) is 0 Å². The van der Waals surface area contributed by atoms with Crippen molar-refractivity contribution >= 4 is 17.5 Å². The van der Waals surface area contributed by atoms with Crippen LogP contribution in [-0.2, 0) is 13.0 Å². The van der Waals surface area contributed by atoms with E-state index in [9.17, 15) is 4.79 Å². The van der Waals surface area contributed by atoms with Crippen LogP contribution in [0.1, 0.15) is 35.1 Å². The van der Waals surface area contributed by atoms with Crippen LogP contribution in [0.2, 0.25) is 0 Å². The number of amides is 2. The second-order valence-corrected chi connectivity index (χ2v) is 6.90. The molecule has 3 rings (SSSR count). The Hall–Kier alpha value is -2.63. The molecule has 0 spiro atoms. The average Bonchev–Trinajstić information content (AvgIpc) is 2.63. The van der Waals surface area contributed by atoms with E-state index in [4.69, 9.17) is 0 Å². The van der Waals surface area contributed by atoms with Gasteiger partial charge in [-0.15, -0.1) is 0 Å². The van der Waals surface area contributed by atoms with Crippen LogP contribution in [0, 0.1) is 20.8 Å². The van der Waals surface area contributed by atoms with Crippen molar-refractivity contribution in [2.45, 2.75) is 40.7 Å². The molecule has 2 aromatic rings. The van der Waals surface area contributed by atoms with E-state index in [0.29, 0.717) is 13.1 Å². The van der Waals surface area contributed by atoms with Crippen LogP contribution in [0.15, 0.2) is 18.2 Å². The summed E-state index contributed by atoms with van der Waals surface area (Å²) in [7, 11) is 2.03. The first-order valence-corrected chi connectivity index (χ1v) is 9.10. The van der Waals surface area contributed by atoms with E-state index in [1.807, 2.05) is 50.9 Å². The molecule has 0 bridgehead atoms. The molecule has 0 aliphatic carbocycles. The van der Waals surface area contributed by atoms with Crippen LogP contribution < -0.4 is 10.2 Å². The molecule has 0 unspecified atom stereocenters. The predicted octanol–water partition coefficient (Wildman–Crippen LogP) is 3.45. The van der Waals surface area contributed by atoms with Crippen molar-refractivity contribution in [3.8, 4) is 0 Å². The molecule has 138 valence electrons. The molecule has 0 saturated heterocycles. The number of carbonyl (C=O) groups excluding carboxylic acids is 1. The summed E-state index contributed by atoms with van der Waals surface area (Å²) in [5.41, 5.74) is 5.16. The molecule has 1 aliphatic heterocycles. The fraction of sp³-hybridized carbons (Fsp3) is 0.450. The summed E-state index contributed by atoms with van der Waals surface area (Å²) in [5, 5.41) is 3.09. The van der Waals surface area contributed by atoms with E-state index >= 15 is 0 Å². The fourth-order valence-corrected chi connectivity index (χ4v) is 3.35. The zero-order valence-corrected chi connectivity index (χ0v) is 16.3. The second-order valence-electron chi connectivity index (χ2n) is 6.90. The Kier molecular flexibility index (Phi) is 5.11. The van der Waals surface area contributed by atoms with Crippen molar-refractivity contribution in [3.05, 3.63) is 46.4 Å². The number of carbonyl (C=O) groups is 1. The third-order valence-electron chi connectivity index (χ3n) is 4.99. The number of urea groups is 1. The smallest absolute Gasteiger partial charge is 0.322 e. The lowest BCUT2D eigenvalue weighted by molar-refractivity contribution is 0.206. The standard InChI is InChI=1S/C20H27N5O/c1-6-24(5)19-16-12-25(11-10-17(16)21-15(4)22-19)20(26)23-18-13(2)8-7-9-14(18)3/h7-9H,6,10-12H2,1-5H3,(H,23,26). The Bertz CT molecular complexity index is 813. The number of nitrogens with zero attached hydrogens (tertiary/aromatic N) is 4. The quantitative estimate of drug-likeness (QED) is 0.918. The van der Waals surface area contributed by atoms with Gasteiger partial charge in [-0.3, -0.25) is 0 Å². The number of hydrogen-bond acceptors (Lipinski definition) is 4. The number of fused-ring (bicyclic) bond motifs is 1. The van der Waals surface area contributed by atoms with E-state index in [-0.39, 0.29) is 6.03 Å². The minimum absolute atomic E-state index is 0.0706. The molecular formula is C20H27N5O. The average molecular weight is 353 g/mol. The first-order chi connectivity index (χ1) is 12.4. The number of hydrogen-bond donors (Lipinski definition) is 1. The lowest BCUT2D eigenvalue weighted by atomic mass is 10.1. The molecule has 1 aromatic heterocycles. The predicted molar refractivity (Wildman–Crippen MR) is 105 cm³/mol. The van der Waals surface area contributed by atoms with Crippen LogP contribution in [-0.4, -0.2) is 41.0 Å².